The Kier molecular flexibility index (Phi) is 20.3. The summed E-state index contributed by atoms with van der Waals surface area (Å²) in [6, 6.07) is 0. The summed E-state index contributed by atoms with van der Waals surface area (Å²) in [5.74, 6) is 0. The van der Waals surface area contributed by atoms with Crippen LogP contribution in [0.25, 0.3) is 0 Å². The van der Waals surface area contributed by atoms with Crippen molar-refractivity contribution in [3.05, 3.63) is 11.8 Å². The molecule has 0 saturated heterocycles. The minimum Gasteiger partial charge on any atom is -0.298 e. The van der Waals surface area contributed by atoms with Crippen molar-refractivity contribution in [3.63, 3.8) is 0 Å². The summed E-state index contributed by atoms with van der Waals surface area (Å²) in [6.45, 7) is 10.1. The van der Waals surface area contributed by atoms with Gasteiger partial charge in [-0.15, -0.1) is 0 Å². The quantitative estimate of drug-likeness (QED) is 0.386. The Morgan fingerprint density at radius 1 is 1.13 bits per heavy atom. The number of hydrogen-bond donors (Lipinski definition) is 0. The monoisotopic (exact) mass is 213 g/mol. The van der Waals surface area contributed by atoms with Crippen LogP contribution in [-0.2, 0) is 4.79 Å². The van der Waals surface area contributed by atoms with Gasteiger partial charge in [0, 0.05) is 17.5 Å². The number of unbranched alkanes of at least 4 members (excludes halogenated alkanes) is 1. The third-order valence-corrected chi connectivity index (χ3v) is 1.55. The van der Waals surface area contributed by atoms with Crippen LogP contribution in [0.15, 0.2) is 16.8 Å². The molecule has 0 aromatic rings. The number of hydrogen-bond acceptors (Lipinski definition) is 2. The number of carbonyl (C=O) groups is 1. The van der Waals surface area contributed by atoms with E-state index in [1.807, 2.05) is 20.8 Å². The van der Waals surface area contributed by atoms with Gasteiger partial charge in [-0.3, -0.25) is 9.79 Å². The molecular formula is C13H27NO. The van der Waals surface area contributed by atoms with E-state index in [-0.39, 0.29) is 7.43 Å². The number of allylic oxidation sites excluding steroid dienone is 1. The van der Waals surface area contributed by atoms with E-state index in [0.717, 1.165) is 24.0 Å². The maximum Gasteiger partial charge on any atom is 0.147 e. The first-order valence-corrected chi connectivity index (χ1v) is 5.27. The molecule has 15 heavy (non-hydrogen) atoms. The molecule has 0 aliphatic heterocycles. The van der Waals surface area contributed by atoms with E-state index in [2.05, 4.69) is 18.8 Å². The van der Waals surface area contributed by atoms with E-state index in [1.165, 1.54) is 12.8 Å². The fourth-order valence-corrected chi connectivity index (χ4v) is 0.417. The van der Waals surface area contributed by atoms with Crippen LogP contribution in [0.4, 0.5) is 0 Å². The Balaban J connectivity index is -0.000000249. The summed E-state index contributed by atoms with van der Waals surface area (Å²) >= 11 is 0. The lowest BCUT2D eigenvalue weighted by Gasteiger charge is -1.88. The number of rotatable bonds is 4. The molecule has 0 fully saturated rings. The Hall–Kier alpha value is -0.920. The van der Waals surface area contributed by atoms with E-state index < -0.39 is 0 Å². The Labute approximate surface area is 95.5 Å². The van der Waals surface area contributed by atoms with Crippen molar-refractivity contribution < 1.29 is 4.79 Å². The van der Waals surface area contributed by atoms with Gasteiger partial charge in [-0.2, -0.15) is 0 Å². The van der Waals surface area contributed by atoms with Gasteiger partial charge >= 0.3 is 0 Å². The van der Waals surface area contributed by atoms with E-state index >= 15 is 0 Å². The van der Waals surface area contributed by atoms with Crippen LogP contribution in [0.2, 0.25) is 0 Å². The molecule has 0 radical (unpaired) electrons. The van der Waals surface area contributed by atoms with Gasteiger partial charge in [-0.1, -0.05) is 41.0 Å². The molecule has 0 atom stereocenters. The molecule has 2 nitrogen and oxygen atoms in total. The highest BCUT2D eigenvalue weighted by molar-refractivity contribution is 5.81. The Morgan fingerprint density at radius 3 is 1.80 bits per heavy atom. The Bertz CT molecular complexity index is 187. The molecule has 90 valence electrons. The van der Waals surface area contributed by atoms with Gasteiger partial charge in [0.25, 0.3) is 0 Å². The van der Waals surface area contributed by atoms with Crippen LogP contribution in [0, 0.1) is 0 Å². The molecule has 0 amide bonds. The highest BCUT2D eigenvalue weighted by Crippen LogP contribution is 1.95. The van der Waals surface area contributed by atoms with Gasteiger partial charge in [-0.05, 0) is 20.3 Å². The Morgan fingerprint density at radius 2 is 1.60 bits per heavy atom. The van der Waals surface area contributed by atoms with Crippen molar-refractivity contribution in [2.75, 3.05) is 0 Å². The highest BCUT2D eigenvalue weighted by atomic mass is 16.1. The van der Waals surface area contributed by atoms with Gasteiger partial charge in [-0.25, -0.2) is 0 Å². The fourth-order valence-electron chi connectivity index (χ4n) is 0.417. The maximum atomic E-state index is 10.2. The molecule has 0 rings (SSSR count). The van der Waals surface area contributed by atoms with Crippen molar-refractivity contribution >= 4 is 12.0 Å². The summed E-state index contributed by atoms with van der Waals surface area (Å²) in [4.78, 5) is 14.2. The second kappa shape index (κ2) is 15.5. The summed E-state index contributed by atoms with van der Waals surface area (Å²) in [5.41, 5.74) is 1.70. The number of carbonyl (C=O) groups excluding carboxylic acids is 1. The summed E-state index contributed by atoms with van der Waals surface area (Å²) < 4.78 is 0. The predicted molar refractivity (Wildman–Crippen MR) is 70.5 cm³/mol. The first-order chi connectivity index (χ1) is 6.62. The largest absolute Gasteiger partial charge is 0.298 e. The summed E-state index contributed by atoms with van der Waals surface area (Å²) in [6.07, 6.45) is 5.84. The van der Waals surface area contributed by atoms with Crippen LogP contribution in [0.3, 0.4) is 0 Å². The average Bonchev–Trinajstić information content (AvgIpc) is 2.19. The standard InChI is InChI=1S/C8H13NO.C4H10.CH4/c1-4-8(6-10)5-9-7(2)3;1-3-4-2;/h5-6H,4H2,1-3H3;3-4H2,1-2H3;1H4/b8-5+;;. The van der Waals surface area contributed by atoms with Crippen molar-refractivity contribution in [1.82, 2.24) is 0 Å². The zero-order valence-electron chi connectivity index (χ0n) is 10.1. The average molecular weight is 213 g/mol. The van der Waals surface area contributed by atoms with Crippen molar-refractivity contribution in [3.8, 4) is 0 Å². The highest BCUT2D eigenvalue weighted by Gasteiger charge is 1.86. The second-order valence-electron chi connectivity index (χ2n) is 3.25. The van der Waals surface area contributed by atoms with Crippen LogP contribution < -0.4 is 0 Å². The van der Waals surface area contributed by atoms with E-state index in [9.17, 15) is 4.79 Å². The van der Waals surface area contributed by atoms with Gasteiger partial charge in [0.15, 0.2) is 0 Å². The van der Waals surface area contributed by atoms with Crippen molar-refractivity contribution in [2.45, 2.75) is 61.3 Å². The van der Waals surface area contributed by atoms with Gasteiger partial charge < -0.3 is 0 Å². The lowest BCUT2D eigenvalue weighted by molar-refractivity contribution is -0.105. The maximum absolute atomic E-state index is 10.2. The van der Waals surface area contributed by atoms with Crippen LogP contribution in [0.5, 0.6) is 0 Å². The van der Waals surface area contributed by atoms with Crippen LogP contribution >= 0.6 is 0 Å². The zero-order valence-corrected chi connectivity index (χ0v) is 10.1. The molecule has 0 aromatic heterocycles. The predicted octanol–water partition coefficient (Wildman–Crippen LogP) is 4.40. The molecule has 0 aliphatic rings. The zero-order chi connectivity index (χ0) is 11.4. The van der Waals surface area contributed by atoms with Gasteiger partial charge in [0.2, 0.25) is 0 Å². The topological polar surface area (TPSA) is 29.4 Å². The first-order valence-electron chi connectivity index (χ1n) is 5.27. The molecule has 0 spiro atoms. The molecule has 0 heterocycles. The lowest BCUT2D eigenvalue weighted by atomic mass is 10.2. The number of aldehydes is 1. The van der Waals surface area contributed by atoms with Crippen molar-refractivity contribution in [2.24, 2.45) is 4.99 Å². The van der Waals surface area contributed by atoms with Crippen molar-refractivity contribution in [1.29, 1.82) is 0 Å². The molecular weight excluding hydrogens is 186 g/mol. The first kappa shape index (κ1) is 19.6. The fraction of sp³-hybridized carbons (Fsp3) is 0.692. The molecule has 0 aromatic carbocycles. The van der Waals surface area contributed by atoms with Crippen LogP contribution in [0.1, 0.15) is 61.3 Å². The summed E-state index contributed by atoms with van der Waals surface area (Å²) in [5, 5.41) is 0. The molecule has 0 bridgehead atoms. The molecule has 0 saturated carbocycles. The summed E-state index contributed by atoms with van der Waals surface area (Å²) in [7, 11) is 0. The molecule has 0 aliphatic carbocycles. The number of nitrogens with zero attached hydrogens (tertiary/aromatic N) is 1. The third kappa shape index (κ3) is 19.5. The molecule has 2 heteroatoms. The molecule has 0 unspecified atom stereocenters. The number of aliphatic imine (C=N–C) groups is 1. The third-order valence-electron chi connectivity index (χ3n) is 1.55. The second-order valence-corrected chi connectivity index (χ2v) is 3.25. The van der Waals surface area contributed by atoms with Gasteiger partial charge in [0.1, 0.15) is 6.29 Å². The minimum atomic E-state index is 0. The molecule has 0 N–H and O–H groups in total. The van der Waals surface area contributed by atoms with E-state index in [4.69, 9.17) is 0 Å². The van der Waals surface area contributed by atoms with Crippen LogP contribution in [-0.4, -0.2) is 12.0 Å². The minimum absolute atomic E-state index is 0. The van der Waals surface area contributed by atoms with Gasteiger partial charge in [0.05, 0.1) is 0 Å². The van der Waals surface area contributed by atoms with E-state index in [0.29, 0.717) is 0 Å². The normalized spacial score (nSPS) is 9.27. The lowest BCUT2D eigenvalue weighted by Crippen LogP contribution is -1.82. The van der Waals surface area contributed by atoms with E-state index in [1.54, 1.807) is 6.20 Å². The SMILES string of the molecule is C.CC/C(C=O)=C\N=C(C)C.CCCC. The smallest absolute Gasteiger partial charge is 0.147 e.